The molecule has 0 saturated carbocycles. The summed E-state index contributed by atoms with van der Waals surface area (Å²) >= 11 is 0. The van der Waals surface area contributed by atoms with E-state index < -0.39 is 4.92 Å². The zero-order valence-corrected chi connectivity index (χ0v) is 8.00. The van der Waals surface area contributed by atoms with Gasteiger partial charge in [-0.15, -0.1) is 12.4 Å². The van der Waals surface area contributed by atoms with Crippen LogP contribution < -0.4 is 5.32 Å². The number of hydrogen-bond acceptors (Lipinski definition) is 3. The third-order valence-electron chi connectivity index (χ3n) is 1.46. The highest BCUT2D eigenvalue weighted by Gasteiger charge is 2.02. The molecule has 1 N–H and O–H groups in total. The van der Waals surface area contributed by atoms with Crippen molar-refractivity contribution < 1.29 is 4.92 Å². The van der Waals surface area contributed by atoms with Crippen molar-refractivity contribution in [2.24, 2.45) is 0 Å². The third-order valence-corrected chi connectivity index (χ3v) is 1.46. The molecule has 0 fully saturated rings. The second kappa shape index (κ2) is 5.37. The molecule has 1 rings (SSSR count). The van der Waals surface area contributed by atoms with E-state index in [1.807, 2.05) is 6.92 Å². The number of hydrogen-bond donors (Lipinski definition) is 1. The largest absolute Gasteiger partial charge is 0.385 e. The second-order valence-electron chi connectivity index (χ2n) is 2.33. The number of nitrogens with one attached hydrogen (secondary N) is 1. The predicted octanol–water partition coefficient (Wildman–Crippen LogP) is 2.45. The molecule has 72 valence electrons. The first-order chi connectivity index (χ1) is 5.74. The summed E-state index contributed by atoms with van der Waals surface area (Å²) in [4.78, 5) is 9.85. The summed E-state index contributed by atoms with van der Waals surface area (Å²) in [6.07, 6.45) is 0. The molecular weight excluding hydrogens is 192 g/mol. The number of halogens is 1. The van der Waals surface area contributed by atoms with Gasteiger partial charge in [-0.25, -0.2) is 0 Å². The first kappa shape index (κ1) is 11.7. The summed E-state index contributed by atoms with van der Waals surface area (Å²) < 4.78 is 0. The van der Waals surface area contributed by atoms with Crippen molar-refractivity contribution in [2.75, 3.05) is 11.9 Å². The number of non-ortho nitro benzene ring substituents is 1. The lowest BCUT2D eigenvalue weighted by Crippen LogP contribution is -1.96. The van der Waals surface area contributed by atoms with Gasteiger partial charge in [-0.1, -0.05) is 0 Å². The Morgan fingerprint density at radius 3 is 2.31 bits per heavy atom. The summed E-state index contributed by atoms with van der Waals surface area (Å²) in [6, 6.07) is 6.36. The molecule has 1 aromatic rings. The van der Waals surface area contributed by atoms with Crippen LogP contribution in [0.1, 0.15) is 6.92 Å². The molecule has 0 saturated heterocycles. The van der Waals surface area contributed by atoms with E-state index >= 15 is 0 Å². The van der Waals surface area contributed by atoms with Gasteiger partial charge in [0.2, 0.25) is 0 Å². The van der Waals surface area contributed by atoms with Crippen molar-refractivity contribution in [3.8, 4) is 0 Å². The number of anilines is 1. The van der Waals surface area contributed by atoms with Crippen LogP contribution in [0, 0.1) is 10.1 Å². The van der Waals surface area contributed by atoms with E-state index in [-0.39, 0.29) is 18.1 Å². The molecule has 5 heteroatoms. The van der Waals surface area contributed by atoms with Gasteiger partial charge >= 0.3 is 0 Å². The maximum atomic E-state index is 10.3. The smallest absolute Gasteiger partial charge is 0.269 e. The van der Waals surface area contributed by atoms with Gasteiger partial charge in [0.25, 0.3) is 5.69 Å². The van der Waals surface area contributed by atoms with E-state index in [0.717, 1.165) is 12.2 Å². The van der Waals surface area contributed by atoms with Crippen molar-refractivity contribution in [1.29, 1.82) is 0 Å². The topological polar surface area (TPSA) is 55.2 Å². The van der Waals surface area contributed by atoms with Gasteiger partial charge in [-0.2, -0.15) is 0 Å². The molecule has 0 atom stereocenters. The monoisotopic (exact) mass is 202 g/mol. The molecule has 0 bridgehead atoms. The second-order valence-corrected chi connectivity index (χ2v) is 2.33. The molecule has 0 unspecified atom stereocenters. The van der Waals surface area contributed by atoms with Gasteiger partial charge in [0.05, 0.1) is 4.92 Å². The van der Waals surface area contributed by atoms with Crippen LogP contribution in [0.2, 0.25) is 0 Å². The van der Waals surface area contributed by atoms with Crippen LogP contribution in [0.3, 0.4) is 0 Å². The van der Waals surface area contributed by atoms with Crippen LogP contribution in [-0.4, -0.2) is 11.5 Å². The summed E-state index contributed by atoms with van der Waals surface area (Å²) in [5.41, 5.74) is 1.03. The first-order valence-electron chi connectivity index (χ1n) is 3.72. The van der Waals surface area contributed by atoms with E-state index in [9.17, 15) is 10.1 Å². The van der Waals surface area contributed by atoms with E-state index in [1.165, 1.54) is 12.1 Å². The SMILES string of the molecule is CCNc1ccc([N+](=O)[O-])cc1.Cl. The fraction of sp³-hybridized carbons (Fsp3) is 0.250. The molecule has 0 amide bonds. The zero-order chi connectivity index (χ0) is 8.97. The molecule has 0 aliphatic rings. The minimum Gasteiger partial charge on any atom is -0.385 e. The average molecular weight is 203 g/mol. The van der Waals surface area contributed by atoms with Gasteiger partial charge in [-0.05, 0) is 19.1 Å². The molecular formula is C8H11ClN2O2. The zero-order valence-electron chi connectivity index (χ0n) is 7.19. The number of rotatable bonds is 3. The van der Waals surface area contributed by atoms with Crippen LogP contribution in [-0.2, 0) is 0 Å². The summed E-state index contributed by atoms with van der Waals surface area (Å²) in [5.74, 6) is 0. The van der Waals surface area contributed by atoms with Gasteiger partial charge in [0, 0.05) is 24.4 Å². The highest BCUT2D eigenvalue weighted by Crippen LogP contribution is 2.14. The van der Waals surface area contributed by atoms with Crippen molar-refractivity contribution in [3.05, 3.63) is 34.4 Å². The van der Waals surface area contributed by atoms with Crippen molar-refractivity contribution in [3.63, 3.8) is 0 Å². The standard InChI is InChI=1S/C8H10N2O2.ClH/c1-2-9-7-3-5-8(6-4-7)10(11)12;/h3-6,9H,2H2,1H3;1H. The fourth-order valence-corrected chi connectivity index (χ4v) is 0.905. The van der Waals surface area contributed by atoms with Crippen LogP contribution >= 0.6 is 12.4 Å². The molecule has 0 heterocycles. The fourth-order valence-electron chi connectivity index (χ4n) is 0.905. The number of nitro benzene ring substituents is 1. The lowest BCUT2D eigenvalue weighted by atomic mass is 10.3. The van der Waals surface area contributed by atoms with Gasteiger partial charge in [-0.3, -0.25) is 10.1 Å². The third kappa shape index (κ3) is 3.29. The molecule has 13 heavy (non-hydrogen) atoms. The molecule has 0 aliphatic carbocycles. The summed E-state index contributed by atoms with van der Waals surface area (Å²) in [7, 11) is 0. The van der Waals surface area contributed by atoms with E-state index in [1.54, 1.807) is 12.1 Å². The van der Waals surface area contributed by atoms with Crippen molar-refractivity contribution in [1.82, 2.24) is 0 Å². The Labute approximate surface area is 82.5 Å². The lowest BCUT2D eigenvalue weighted by Gasteiger charge is -2.00. The van der Waals surface area contributed by atoms with Crippen LogP contribution in [0.4, 0.5) is 11.4 Å². The summed E-state index contributed by atoms with van der Waals surface area (Å²) in [6.45, 7) is 2.79. The Hall–Kier alpha value is -1.29. The van der Waals surface area contributed by atoms with E-state index in [4.69, 9.17) is 0 Å². The molecule has 1 aromatic carbocycles. The van der Waals surface area contributed by atoms with Gasteiger partial charge < -0.3 is 5.32 Å². The Morgan fingerprint density at radius 1 is 1.38 bits per heavy atom. The van der Waals surface area contributed by atoms with Crippen LogP contribution in [0.15, 0.2) is 24.3 Å². The maximum Gasteiger partial charge on any atom is 0.269 e. The number of nitro groups is 1. The summed E-state index contributed by atoms with van der Waals surface area (Å²) in [5, 5.41) is 13.3. The predicted molar refractivity (Wildman–Crippen MR) is 54.5 cm³/mol. The Morgan fingerprint density at radius 2 is 1.92 bits per heavy atom. The molecule has 0 spiro atoms. The lowest BCUT2D eigenvalue weighted by molar-refractivity contribution is -0.384. The van der Waals surface area contributed by atoms with Crippen LogP contribution in [0.25, 0.3) is 0 Å². The van der Waals surface area contributed by atoms with E-state index in [0.29, 0.717) is 0 Å². The average Bonchev–Trinajstić information content (AvgIpc) is 2.06. The highest BCUT2D eigenvalue weighted by molar-refractivity contribution is 5.85. The minimum atomic E-state index is -0.407. The molecule has 0 aliphatic heterocycles. The van der Waals surface area contributed by atoms with Gasteiger partial charge in [0.15, 0.2) is 0 Å². The van der Waals surface area contributed by atoms with Crippen molar-refractivity contribution >= 4 is 23.8 Å². The Kier molecular flexibility index (Phi) is 4.84. The minimum absolute atomic E-state index is 0. The number of benzene rings is 1. The van der Waals surface area contributed by atoms with Gasteiger partial charge in [0.1, 0.15) is 0 Å². The van der Waals surface area contributed by atoms with Crippen LogP contribution in [0.5, 0.6) is 0 Å². The quantitative estimate of drug-likeness (QED) is 0.605. The van der Waals surface area contributed by atoms with E-state index in [2.05, 4.69) is 5.32 Å². The molecule has 0 aromatic heterocycles. The highest BCUT2D eigenvalue weighted by atomic mass is 35.5. The van der Waals surface area contributed by atoms with Crippen molar-refractivity contribution in [2.45, 2.75) is 6.92 Å². The Balaban J connectivity index is 0.00000144. The molecule has 4 nitrogen and oxygen atoms in total. The first-order valence-corrected chi connectivity index (χ1v) is 3.72. The normalized spacial score (nSPS) is 8.69. The number of nitrogens with zero attached hydrogens (tertiary/aromatic N) is 1. The maximum absolute atomic E-state index is 10.3. The molecule has 0 radical (unpaired) electrons. The Bertz CT molecular complexity index is 274.